The van der Waals surface area contributed by atoms with E-state index in [2.05, 4.69) is 0 Å². The van der Waals surface area contributed by atoms with Gasteiger partial charge in [0.2, 0.25) is 11.5 Å². The molecular weight excluding hydrogens is 744 g/mol. The zero-order valence-electron chi connectivity index (χ0n) is 31.3. The summed E-state index contributed by atoms with van der Waals surface area (Å²) in [5.74, 6) is -4.06. The van der Waals surface area contributed by atoms with Crippen molar-refractivity contribution in [1.29, 1.82) is 0 Å². The predicted octanol–water partition coefficient (Wildman–Crippen LogP) is 7.85. The third-order valence-electron chi connectivity index (χ3n) is 8.81. The Hall–Kier alpha value is -7.02. The number of phenolic OH excluding ortho intramolecular Hbond substituents is 4. The highest BCUT2D eigenvalue weighted by Gasteiger charge is 2.29. The van der Waals surface area contributed by atoms with E-state index in [9.17, 15) is 30.0 Å². The minimum absolute atomic E-state index is 0.0674. The molecule has 0 saturated carbocycles. The smallest absolute Gasteiger partial charge is 0.338 e. The molecule has 4 N–H and O–H groups in total. The van der Waals surface area contributed by atoms with E-state index < -0.39 is 60.4 Å². The molecule has 12 heteroatoms. The number of phenols is 4. The van der Waals surface area contributed by atoms with Crippen LogP contribution in [0.5, 0.6) is 34.5 Å². The van der Waals surface area contributed by atoms with Crippen LogP contribution < -0.4 is 9.47 Å². The number of benzene rings is 6. The van der Waals surface area contributed by atoms with Crippen molar-refractivity contribution in [2.24, 2.45) is 0 Å². The molecule has 0 fully saturated rings. The Morgan fingerprint density at radius 1 is 0.414 bits per heavy atom. The minimum atomic E-state index is -1.02. The highest BCUT2D eigenvalue weighted by Crippen LogP contribution is 2.39. The van der Waals surface area contributed by atoms with Gasteiger partial charge in [-0.3, -0.25) is 0 Å². The fourth-order valence-corrected chi connectivity index (χ4v) is 5.75. The van der Waals surface area contributed by atoms with Crippen molar-refractivity contribution >= 4 is 11.9 Å². The number of hydrogen-bond donors (Lipinski definition) is 4. The van der Waals surface area contributed by atoms with Gasteiger partial charge in [0.05, 0.1) is 24.3 Å². The van der Waals surface area contributed by atoms with Gasteiger partial charge in [-0.05, 0) is 46.5 Å². The lowest BCUT2D eigenvalue weighted by Gasteiger charge is -2.27. The molecule has 6 aromatic rings. The molecule has 2 atom stereocenters. The van der Waals surface area contributed by atoms with Gasteiger partial charge in [-0.15, -0.1) is 0 Å². The van der Waals surface area contributed by atoms with Crippen LogP contribution in [0.1, 0.15) is 43.0 Å². The van der Waals surface area contributed by atoms with Crippen LogP contribution in [-0.4, -0.2) is 57.8 Å². The first-order valence-electron chi connectivity index (χ1n) is 18.3. The average Bonchev–Trinajstić information content (AvgIpc) is 3.24. The third-order valence-corrected chi connectivity index (χ3v) is 8.81. The summed E-state index contributed by atoms with van der Waals surface area (Å²) in [6.07, 6.45) is -2.04. The third kappa shape index (κ3) is 11.5. The molecule has 0 amide bonds. The molecule has 0 unspecified atom stereocenters. The van der Waals surface area contributed by atoms with Gasteiger partial charge in [0.1, 0.15) is 38.6 Å². The van der Waals surface area contributed by atoms with Crippen molar-refractivity contribution in [3.05, 3.63) is 179 Å². The molecule has 0 aliphatic rings. The predicted molar refractivity (Wildman–Crippen MR) is 212 cm³/mol. The van der Waals surface area contributed by atoms with E-state index in [-0.39, 0.29) is 49.1 Å². The molecular formula is C46H42O12. The molecule has 298 valence electrons. The Bertz CT molecular complexity index is 2030. The topological polar surface area (TPSA) is 170 Å². The van der Waals surface area contributed by atoms with E-state index in [1.165, 1.54) is 0 Å². The summed E-state index contributed by atoms with van der Waals surface area (Å²) < 4.78 is 35.0. The summed E-state index contributed by atoms with van der Waals surface area (Å²) in [7, 11) is 0. The van der Waals surface area contributed by atoms with Crippen LogP contribution in [0.3, 0.4) is 0 Å². The van der Waals surface area contributed by atoms with Crippen LogP contribution in [0.15, 0.2) is 146 Å². The fraction of sp³-hybridized carbons (Fsp3) is 0.174. The summed E-state index contributed by atoms with van der Waals surface area (Å²) in [6.45, 7) is -0.514. The first-order chi connectivity index (χ1) is 28.2. The Balaban J connectivity index is 1.17. The molecule has 12 nitrogen and oxygen atoms in total. The Morgan fingerprint density at radius 2 is 0.690 bits per heavy atom. The maximum absolute atomic E-state index is 13.4. The van der Waals surface area contributed by atoms with Crippen LogP contribution in [0.25, 0.3) is 0 Å². The van der Waals surface area contributed by atoms with Gasteiger partial charge in [0.25, 0.3) is 0 Å². The molecule has 58 heavy (non-hydrogen) atoms. The lowest BCUT2D eigenvalue weighted by atomic mass is 10.1. The fourth-order valence-electron chi connectivity index (χ4n) is 5.75. The Labute approximate surface area is 335 Å². The molecule has 0 saturated heterocycles. The maximum Gasteiger partial charge on any atom is 0.338 e. The molecule has 0 aromatic heterocycles. The molecule has 0 spiro atoms. The lowest BCUT2D eigenvalue weighted by molar-refractivity contribution is -0.122. The molecule has 0 aliphatic heterocycles. The molecule has 0 radical (unpaired) electrons. The second kappa shape index (κ2) is 20.2. The van der Waals surface area contributed by atoms with Gasteiger partial charge in [0, 0.05) is 0 Å². The van der Waals surface area contributed by atoms with Crippen molar-refractivity contribution in [1.82, 2.24) is 0 Å². The van der Waals surface area contributed by atoms with Crippen molar-refractivity contribution in [3.63, 3.8) is 0 Å². The number of rotatable bonds is 19. The number of aromatic hydroxyl groups is 4. The van der Waals surface area contributed by atoms with Gasteiger partial charge >= 0.3 is 11.9 Å². The van der Waals surface area contributed by atoms with Crippen LogP contribution in [0.2, 0.25) is 0 Å². The zero-order chi connectivity index (χ0) is 40.7. The minimum Gasteiger partial charge on any atom is -0.504 e. The normalized spacial score (nSPS) is 11.9. The molecule has 6 aromatic carbocycles. The average molecular weight is 787 g/mol. The molecule has 0 heterocycles. The van der Waals surface area contributed by atoms with Crippen molar-refractivity contribution in [2.75, 3.05) is 13.2 Å². The first kappa shape index (κ1) is 40.6. The van der Waals surface area contributed by atoms with E-state index in [0.29, 0.717) is 0 Å². The van der Waals surface area contributed by atoms with Gasteiger partial charge in [-0.1, -0.05) is 121 Å². The SMILES string of the molecule is O=C(OC[C@H](OCc1ccccc1)[C@H](COC(=O)c1cc(O)c(OCc2ccccc2)c(O)c1)OCc1ccccc1)c1cc(O)c(OCc2ccccc2)c(O)c1. The zero-order valence-corrected chi connectivity index (χ0v) is 31.3. The summed E-state index contributed by atoms with van der Waals surface area (Å²) >= 11 is 0. The Morgan fingerprint density at radius 3 is 0.983 bits per heavy atom. The van der Waals surface area contributed by atoms with Crippen LogP contribution in [0.4, 0.5) is 0 Å². The molecule has 0 aliphatic carbocycles. The second-order valence-electron chi connectivity index (χ2n) is 13.1. The largest absolute Gasteiger partial charge is 0.504 e. The summed E-state index contributed by atoms with van der Waals surface area (Å²) in [5, 5.41) is 42.7. The number of esters is 2. The van der Waals surface area contributed by atoms with Crippen LogP contribution in [0, 0.1) is 0 Å². The number of carbonyl (C=O) groups is 2. The van der Waals surface area contributed by atoms with Crippen molar-refractivity contribution in [2.45, 2.75) is 38.6 Å². The highest BCUT2D eigenvalue weighted by atomic mass is 16.6. The van der Waals surface area contributed by atoms with Gasteiger partial charge in [0.15, 0.2) is 23.0 Å². The monoisotopic (exact) mass is 786 g/mol. The number of carbonyl (C=O) groups excluding carboxylic acids is 2. The van der Waals surface area contributed by atoms with E-state index in [4.69, 9.17) is 28.4 Å². The second-order valence-corrected chi connectivity index (χ2v) is 13.1. The number of hydrogen-bond acceptors (Lipinski definition) is 12. The first-order valence-corrected chi connectivity index (χ1v) is 18.3. The van der Waals surface area contributed by atoms with E-state index in [1.54, 1.807) is 0 Å². The molecule has 6 rings (SSSR count). The standard InChI is InChI=1S/C46H42O12/c47-37-21-35(22-38(48)43(37)55-27-33-17-9-3-10-18-33)45(51)57-29-41(53-25-31-13-5-1-6-14-31)42(54-26-32-15-7-2-8-16-32)30-58-46(52)36-23-39(49)44(40(50)24-36)56-28-34-19-11-4-12-20-34/h1-24,41-42,47-50H,25-30H2/t41-,42-/m0/s1. The quantitative estimate of drug-likeness (QED) is 0.0588. The summed E-state index contributed by atoms with van der Waals surface area (Å²) in [6, 6.07) is 41.3. The van der Waals surface area contributed by atoms with Crippen LogP contribution >= 0.6 is 0 Å². The lowest BCUT2D eigenvalue weighted by Crippen LogP contribution is -2.40. The molecule has 0 bridgehead atoms. The van der Waals surface area contributed by atoms with Gasteiger partial charge in [-0.2, -0.15) is 0 Å². The van der Waals surface area contributed by atoms with Gasteiger partial charge < -0.3 is 48.8 Å². The van der Waals surface area contributed by atoms with E-state index in [0.717, 1.165) is 46.5 Å². The van der Waals surface area contributed by atoms with Gasteiger partial charge in [-0.25, -0.2) is 9.59 Å². The summed E-state index contributed by atoms with van der Waals surface area (Å²) in [4.78, 5) is 26.7. The van der Waals surface area contributed by atoms with E-state index >= 15 is 0 Å². The van der Waals surface area contributed by atoms with E-state index in [1.807, 2.05) is 121 Å². The van der Waals surface area contributed by atoms with Crippen molar-refractivity contribution in [3.8, 4) is 34.5 Å². The highest BCUT2D eigenvalue weighted by molar-refractivity contribution is 5.91. The number of ether oxygens (including phenoxy) is 6. The van der Waals surface area contributed by atoms with Crippen molar-refractivity contribution < 1.29 is 58.4 Å². The Kier molecular flexibility index (Phi) is 14.2. The maximum atomic E-state index is 13.4. The van der Waals surface area contributed by atoms with Crippen LogP contribution in [-0.2, 0) is 45.4 Å². The summed E-state index contributed by atoms with van der Waals surface area (Å²) in [5.41, 5.74) is 2.90.